The predicted molar refractivity (Wildman–Crippen MR) is 79.8 cm³/mol. The maximum Gasteiger partial charge on any atom is 0.225 e. The summed E-state index contributed by atoms with van der Waals surface area (Å²) >= 11 is 0. The maximum absolute atomic E-state index is 12.4. The third-order valence-electron chi connectivity index (χ3n) is 4.36. The highest BCUT2D eigenvalue weighted by molar-refractivity contribution is 5.79. The van der Waals surface area contributed by atoms with Gasteiger partial charge in [-0.3, -0.25) is 4.79 Å². The second-order valence-electron chi connectivity index (χ2n) is 5.88. The average molecular weight is 289 g/mol. The fourth-order valence-electron chi connectivity index (χ4n) is 3.06. The molecule has 1 aromatic rings. The topological polar surface area (TPSA) is 38.8 Å². The van der Waals surface area contributed by atoms with Crippen molar-refractivity contribution in [1.29, 1.82) is 0 Å². The lowest BCUT2D eigenvalue weighted by atomic mass is 9.99. The fourth-order valence-corrected chi connectivity index (χ4v) is 3.06. The first-order valence-electron chi connectivity index (χ1n) is 7.85. The second-order valence-corrected chi connectivity index (χ2v) is 5.88. The lowest BCUT2D eigenvalue weighted by molar-refractivity contribution is -0.138. The van der Waals surface area contributed by atoms with Gasteiger partial charge in [0.05, 0.1) is 12.7 Å². The van der Waals surface area contributed by atoms with Gasteiger partial charge in [-0.2, -0.15) is 0 Å². The Balaban J connectivity index is 1.45. The minimum Gasteiger partial charge on any atom is -0.381 e. The molecule has 2 aliphatic rings. The summed E-state index contributed by atoms with van der Waals surface area (Å²) in [5.41, 5.74) is 1.19. The molecule has 0 bridgehead atoms. The van der Waals surface area contributed by atoms with Gasteiger partial charge in [0, 0.05) is 32.2 Å². The Hall–Kier alpha value is -1.39. The normalized spacial score (nSPS) is 23.4. The van der Waals surface area contributed by atoms with Crippen molar-refractivity contribution in [3.63, 3.8) is 0 Å². The minimum absolute atomic E-state index is 0.159. The summed E-state index contributed by atoms with van der Waals surface area (Å²) in [5, 5.41) is 0. The zero-order chi connectivity index (χ0) is 14.5. The van der Waals surface area contributed by atoms with Crippen LogP contribution in [0.1, 0.15) is 24.8 Å². The number of benzene rings is 1. The van der Waals surface area contributed by atoms with E-state index in [9.17, 15) is 4.79 Å². The molecule has 0 saturated carbocycles. The Morgan fingerprint density at radius 3 is 2.71 bits per heavy atom. The number of hydrogen-bond acceptors (Lipinski definition) is 3. The molecule has 0 N–H and O–H groups in total. The van der Waals surface area contributed by atoms with Crippen LogP contribution in [0.2, 0.25) is 0 Å². The molecule has 3 rings (SSSR count). The van der Waals surface area contributed by atoms with Gasteiger partial charge in [0.1, 0.15) is 0 Å². The van der Waals surface area contributed by atoms with E-state index in [1.165, 1.54) is 5.56 Å². The van der Waals surface area contributed by atoms with Crippen LogP contribution in [0.4, 0.5) is 0 Å². The molecule has 1 unspecified atom stereocenters. The first kappa shape index (κ1) is 14.5. The van der Waals surface area contributed by atoms with E-state index in [-0.39, 0.29) is 12.0 Å². The van der Waals surface area contributed by atoms with Gasteiger partial charge < -0.3 is 14.4 Å². The van der Waals surface area contributed by atoms with Crippen LogP contribution in [0.25, 0.3) is 0 Å². The number of likely N-dealkylation sites (tertiary alicyclic amines) is 1. The Morgan fingerprint density at radius 2 is 1.95 bits per heavy atom. The highest BCUT2D eigenvalue weighted by Crippen LogP contribution is 2.22. The lowest BCUT2D eigenvalue weighted by Crippen LogP contribution is -2.37. The first-order valence-corrected chi connectivity index (χ1v) is 7.85. The Kier molecular flexibility index (Phi) is 4.88. The van der Waals surface area contributed by atoms with Crippen LogP contribution in [0.5, 0.6) is 0 Å². The molecule has 21 heavy (non-hydrogen) atoms. The third-order valence-corrected chi connectivity index (χ3v) is 4.36. The molecule has 0 aromatic heterocycles. The van der Waals surface area contributed by atoms with Crippen LogP contribution in [0.3, 0.4) is 0 Å². The van der Waals surface area contributed by atoms with Gasteiger partial charge in [-0.25, -0.2) is 0 Å². The largest absolute Gasteiger partial charge is 0.381 e. The number of carbonyl (C=O) groups excluding carboxylic acids is 1. The second kappa shape index (κ2) is 7.05. The van der Waals surface area contributed by atoms with E-state index in [4.69, 9.17) is 9.47 Å². The zero-order valence-corrected chi connectivity index (χ0v) is 12.4. The maximum atomic E-state index is 12.4. The first-order chi connectivity index (χ1) is 10.3. The van der Waals surface area contributed by atoms with Crippen LogP contribution in [0, 0.1) is 5.92 Å². The Labute approximate surface area is 126 Å². The molecule has 2 aliphatic heterocycles. The summed E-state index contributed by atoms with van der Waals surface area (Å²) in [5.74, 6) is 0.454. The van der Waals surface area contributed by atoms with Gasteiger partial charge in [0.2, 0.25) is 5.91 Å². The molecule has 0 spiro atoms. The average Bonchev–Trinajstić information content (AvgIpc) is 3.03. The summed E-state index contributed by atoms with van der Waals surface area (Å²) in [6.07, 6.45) is 2.85. The van der Waals surface area contributed by atoms with Crippen LogP contribution in [-0.2, 0) is 20.9 Å². The number of carbonyl (C=O) groups is 1. The number of nitrogens with zero attached hydrogens (tertiary/aromatic N) is 1. The lowest BCUT2D eigenvalue weighted by Gasteiger charge is -2.26. The number of ether oxygens (including phenoxy) is 2. The van der Waals surface area contributed by atoms with Gasteiger partial charge in [-0.1, -0.05) is 30.3 Å². The van der Waals surface area contributed by atoms with Crippen LogP contribution < -0.4 is 0 Å². The Morgan fingerprint density at radius 1 is 1.19 bits per heavy atom. The molecule has 1 amide bonds. The molecule has 2 fully saturated rings. The molecule has 2 heterocycles. The van der Waals surface area contributed by atoms with Gasteiger partial charge in [-0.05, 0) is 24.8 Å². The summed E-state index contributed by atoms with van der Waals surface area (Å²) in [6, 6.07) is 10.2. The quantitative estimate of drug-likeness (QED) is 0.853. The molecular weight excluding hydrogens is 266 g/mol. The zero-order valence-electron chi connectivity index (χ0n) is 12.4. The van der Waals surface area contributed by atoms with E-state index in [0.29, 0.717) is 12.5 Å². The molecule has 4 heteroatoms. The van der Waals surface area contributed by atoms with Crippen LogP contribution in [-0.4, -0.2) is 43.2 Å². The van der Waals surface area contributed by atoms with E-state index < -0.39 is 0 Å². The van der Waals surface area contributed by atoms with Crippen molar-refractivity contribution in [3.05, 3.63) is 35.9 Å². The minimum atomic E-state index is 0.159. The smallest absolute Gasteiger partial charge is 0.225 e. The standard InChI is InChI=1S/C17H23NO3/c19-17(15-7-10-20-11-8-15)18-9-6-16(12-18)21-13-14-4-2-1-3-5-14/h1-5,15-16H,6-13H2. The molecule has 1 atom stereocenters. The summed E-state index contributed by atoms with van der Waals surface area (Å²) in [4.78, 5) is 14.4. The molecule has 114 valence electrons. The van der Waals surface area contributed by atoms with Crippen molar-refractivity contribution in [1.82, 2.24) is 4.90 Å². The van der Waals surface area contributed by atoms with E-state index in [1.807, 2.05) is 23.1 Å². The molecule has 1 aromatic carbocycles. The van der Waals surface area contributed by atoms with Crippen LogP contribution >= 0.6 is 0 Å². The highest BCUT2D eigenvalue weighted by Gasteiger charge is 2.32. The van der Waals surface area contributed by atoms with Gasteiger partial charge in [0.15, 0.2) is 0 Å². The van der Waals surface area contributed by atoms with Gasteiger partial charge in [-0.15, -0.1) is 0 Å². The summed E-state index contributed by atoms with van der Waals surface area (Å²) in [7, 11) is 0. The van der Waals surface area contributed by atoms with Gasteiger partial charge in [0.25, 0.3) is 0 Å². The number of hydrogen-bond donors (Lipinski definition) is 0. The molecule has 2 saturated heterocycles. The van der Waals surface area contributed by atoms with Crippen molar-refractivity contribution < 1.29 is 14.3 Å². The van der Waals surface area contributed by atoms with E-state index in [0.717, 1.165) is 45.6 Å². The van der Waals surface area contributed by atoms with Crippen molar-refractivity contribution in [3.8, 4) is 0 Å². The van der Waals surface area contributed by atoms with Crippen molar-refractivity contribution >= 4 is 5.91 Å². The molecule has 4 nitrogen and oxygen atoms in total. The van der Waals surface area contributed by atoms with E-state index in [2.05, 4.69) is 12.1 Å². The number of amides is 1. The SMILES string of the molecule is O=C(C1CCOCC1)N1CCC(OCc2ccccc2)C1. The van der Waals surface area contributed by atoms with Crippen molar-refractivity contribution in [2.45, 2.75) is 32.0 Å². The third kappa shape index (κ3) is 3.83. The van der Waals surface area contributed by atoms with Crippen LogP contribution in [0.15, 0.2) is 30.3 Å². The highest BCUT2D eigenvalue weighted by atomic mass is 16.5. The Bertz CT molecular complexity index is 456. The predicted octanol–water partition coefficient (Wildman–Crippen LogP) is 2.23. The fraction of sp³-hybridized carbons (Fsp3) is 0.588. The van der Waals surface area contributed by atoms with E-state index >= 15 is 0 Å². The van der Waals surface area contributed by atoms with Crippen molar-refractivity contribution in [2.75, 3.05) is 26.3 Å². The summed E-state index contributed by atoms with van der Waals surface area (Å²) in [6.45, 7) is 3.64. The monoisotopic (exact) mass is 289 g/mol. The summed E-state index contributed by atoms with van der Waals surface area (Å²) < 4.78 is 11.3. The molecule has 0 radical (unpaired) electrons. The molecule has 0 aliphatic carbocycles. The van der Waals surface area contributed by atoms with Gasteiger partial charge >= 0.3 is 0 Å². The van der Waals surface area contributed by atoms with Crippen molar-refractivity contribution in [2.24, 2.45) is 5.92 Å². The number of rotatable bonds is 4. The molecular formula is C17H23NO3. The van der Waals surface area contributed by atoms with E-state index in [1.54, 1.807) is 0 Å².